The number of halogens is 2. The fourth-order valence-corrected chi connectivity index (χ4v) is 3.24. The highest BCUT2D eigenvalue weighted by Gasteiger charge is 2.17. The third-order valence-electron chi connectivity index (χ3n) is 2.59. The maximum absolute atomic E-state index is 13.0. The van der Waals surface area contributed by atoms with E-state index >= 15 is 0 Å². The fraction of sp³-hybridized carbons (Fsp3) is 0.0833. The van der Waals surface area contributed by atoms with Gasteiger partial charge in [0.15, 0.2) is 0 Å². The number of sulfonamides is 1. The van der Waals surface area contributed by atoms with Gasteiger partial charge in [-0.2, -0.15) is 0 Å². The molecule has 0 amide bonds. The molecule has 0 saturated heterocycles. The van der Waals surface area contributed by atoms with Gasteiger partial charge in [-0.25, -0.2) is 12.8 Å². The van der Waals surface area contributed by atoms with Crippen molar-refractivity contribution in [1.29, 1.82) is 0 Å². The Kier molecular flexibility index (Phi) is 3.96. The number of hydrogen-bond donors (Lipinski definition) is 2. The first-order valence-corrected chi connectivity index (χ1v) is 7.76. The molecule has 3 N–H and O–H groups in total. The minimum atomic E-state index is -3.93. The van der Waals surface area contributed by atoms with Crippen LogP contribution in [-0.4, -0.2) is 13.4 Å². The van der Waals surface area contributed by atoms with Crippen LogP contribution in [0, 0.1) is 12.7 Å². The van der Waals surface area contributed by atoms with Crippen molar-refractivity contribution in [3.63, 3.8) is 0 Å². The largest absolute Gasteiger partial charge is 0.398 e. The molecule has 2 aromatic rings. The van der Waals surface area contributed by atoms with Crippen LogP contribution in [0.2, 0.25) is 0 Å². The third-order valence-corrected chi connectivity index (χ3v) is 4.58. The Bertz CT molecular complexity index is 765. The van der Waals surface area contributed by atoms with E-state index in [1.807, 2.05) is 0 Å². The standard InChI is InChI=1S/C12H11BrFN3O2S/c1-7-2-10(13)12(4-11(7)15)17-20(18,19)9-3-8(14)5-16-6-9/h2-6,17H,15H2,1H3. The van der Waals surface area contributed by atoms with E-state index in [4.69, 9.17) is 5.73 Å². The summed E-state index contributed by atoms with van der Waals surface area (Å²) in [7, 11) is -3.93. The highest BCUT2D eigenvalue weighted by Crippen LogP contribution is 2.29. The van der Waals surface area contributed by atoms with Crippen LogP contribution in [0.3, 0.4) is 0 Å². The van der Waals surface area contributed by atoms with Crippen LogP contribution in [0.15, 0.2) is 40.0 Å². The Hall–Kier alpha value is -1.67. The monoisotopic (exact) mass is 359 g/mol. The normalized spacial score (nSPS) is 11.3. The van der Waals surface area contributed by atoms with Crippen molar-refractivity contribution in [3.05, 3.63) is 46.4 Å². The van der Waals surface area contributed by atoms with Crippen molar-refractivity contribution in [3.8, 4) is 0 Å². The molecule has 1 aromatic heterocycles. The molecule has 106 valence electrons. The number of aryl methyl sites for hydroxylation is 1. The second-order valence-corrected chi connectivity index (χ2v) is 6.67. The molecular weight excluding hydrogens is 349 g/mol. The van der Waals surface area contributed by atoms with Crippen LogP contribution >= 0.6 is 15.9 Å². The van der Waals surface area contributed by atoms with E-state index < -0.39 is 15.8 Å². The Balaban J connectivity index is 2.41. The molecule has 1 heterocycles. The molecule has 0 radical (unpaired) electrons. The lowest BCUT2D eigenvalue weighted by Crippen LogP contribution is -2.14. The average molecular weight is 360 g/mol. The molecule has 0 aliphatic rings. The lowest BCUT2D eigenvalue weighted by Gasteiger charge is -2.11. The molecule has 5 nitrogen and oxygen atoms in total. The van der Waals surface area contributed by atoms with Crippen molar-refractivity contribution in [1.82, 2.24) is 4.98 Å². The number of benzene rings is 1. The Morgan fingerprint density at radius 1 is 1.30 bits per heavy atom. The molecule has 0 aliphatic heterocycles. The number of rotatable bonds is 3. The first-order chi connectivity index (χ1) is 9.29. The summed E-state index contributed by atoms with van der Waals surface area (Å²) in [6, 6.07) is 4.07. The Labute approximate surface area is 124 Å². The second-order valence-electron chi connectivity index (χ2n) is 4.13. The number of hydrogen-bond acceptors (Lipinski definition) is 4. The van der Waals surface area contributed by atoms with Gasteiger partial charge >= 0.3 is 0 Å². The zero-order valence-electron chi connectivity index (χ0n) is 10.4. The van der Waals surface area contributed by atoms with E-state index in [0.717, 1.165) is 24.0 Å². The summed E-state index contributed by atoms with van der Waals surface area (Å²) < 4.78 is 40.2. The highest BCUT2D eigenvalue weighted by atomic mass is 79.9. The maximum atomic E-state index is 13.0. The van der Waals surface area contributed by atoms with Crippen LogP contribution < -0.4 is 10.5 Å². The van der Waals surface area contributed by atoms with Gasteiger partial charge in [-0.15, -0.1) is 0 Å². The van der Waals surface area contributed by atoms with Crippen molar-refractivity contribution in [2.75, 3.05) is 10.5 Å². The number of nitrogens with zero attached hydrogens (tertiary/aromatic N) is 1. The summed E-state index contributed by atoms with van der Waals surface area (Å²) >= 11 is 3.25. The van der Waals surface area contributed by atoms with E-state index in [1.54, 1.807) is 13.0 Å². The first kappa shape index (κ1) is 14.7. The third kappa shape index (κ3) is 3.07. The summed E-state index contributed by atoms with van der Waals surface area (Å²) in [5.41, 5.74) is 7.28. The number of pyridine rings is 1. The van der Waals surface area contributed by atoms with Gasteiger partial charge in [0.25, 0.3) is 10.0 Å². The van der Waals surface area contributed by atoms with Gasteiger partial charge in [0, 0.05) is 16.4 Å². The van der Waals surface area contributed by atoms with Crippen LogP contribution in [0.25, 0.3) is 0 Å². The first-order valence-electron chi connectivity index (χ1n) is 5.48. The summed E-state index contributed by atoms with van der Waals surface area (Å²) in [4.78, 5) is 3.26. The Morgan fingerprint density at radius 2 is 2.00 bits per heavy atom. The van der Waals surface area contributed by atoms with Gasteiger partial charge in [-0.3, -0.25) is 9.71 Å². The minimum absolute atomic E-state index is 0.261. The van der Waals surface area contributed by atoms with Crippen LogP contribution in [-0.2, 0) is 10.0 Å². The summed E-state index contributed by atoms with van der Waals surface area (Å²) in [5, 5.41) is 0. The van der Waals surface area contributed by atoms with E-state index in [1.165, 1.54) is 6.07 Å². The van der Waals surface area contributed by atoms with Crippen LogP contribution in [0.4, 0.5) is 15.8 Å². The van der Waals surface area contributed by atoms with E-state index in [2.05, 4.69) is 25.6 Å². The van der Waals surface area contributed by atoms with Gasteiger partial charge < -0.3 is 5.73 Å². The Morgan fingerprint density at radius 3 is 2.65 bits per heavy atom. The van der Waals surface area contributed by atoms with Gasteiger partial charge in [-0.1, -0.05) is 0 Å². The zero-order chi connectivity index (χ0) is 14.9. The van der Waals surface area contributed by atoms with E-state index in [0.29, 0.717) is 10.2 Å². The molecule has 0 fully saturated rings. The smallest absolute Gasteiger partial charge is 0.263 e. The summed E-state index contributed by atoms with van der Waals surface area (Å²) in [6.45, 7) is 1.80. The lowest BCUT2D eigenvalue weighted by atomic mass is 10.2. The fourth-order valence-electron chi connectivity index (χ4n) is 1.51. The number of anilines is 2. The minimum Gasteiger partial charge on any atom is -0.398 e. The van der Waals surface area contributed by atoms with E-state index in [-0.39, 0.29) is 10.6 Å². The molecule has 0 bridgehead atoms. The van der Waals surface area contributed by atoms with Gasteiger partial charge in [0.2, 0.25) is 0 Å². The molecular formula is C12H11BrFN3O2S. The van der Waals surface area contributed by atoms with Crippen molar-refractivity contribution in [2.45, 2.75) is 11.8 Å². The van der Waals surface area contributed by atoms with Crippen molar-refractivity contribution in [2.24, 2.45) is 0 Å². The quantitative estimate of drug-likeness (QED) is 0.825. The molecule has 20 heavy (non-hydrogen) atoms. The molecule has 0 aliphatic carbocycles. The molecule has 8 heteroatoms. The van der Waals surface area contributed by atoms with Crippen LogP contribution in [0.1, 0.15) is 5.56 Å². The SMILES string of the molecule is Cc1cc(Br)c(NS(=O)(=O)c2cncc(F)c2)cc1N. The number of nitrogen functional groups attached to an aromatic ring is 1. The number of aromatic nitrogens is 1. The number of nitrogens with one attached hydrogen (secondary N) is 1. The zero-order valence-corrected chi connectivity index (χ0v) is 12.8. The van der Waals surface area contributed by atoms with Gasteiger partial charge in [0.05, 0.1) is 11.9 Å². The van der Waals surface area contributed by atoms with Crippen molar-refractivity contribution >= 4 is 37.3 Å². The topological polar surface area (TPSA) is 85.1 Å². The average Bonchev–Trinajstić information content (AvgIpc) is 2.36. The van der Waals surface area contributed by atoms with Gasteiger partial charge in [0.1, 0.15) is 10.7 Å². The maximum Gasteiger partial charge on any atom is 0.263 e. The molecule has 1 aromatic carbocycles. The lowest BCUT2D eigenvalue weighted by molar-refractivity contribution is 0.592. The second kappa shape index (κ2) is 5.37. The summed E-state index contributed by atoms with van der Waals surface area (Å²) in [6.07, 6.45) is 2.00. The molecule has 0 saturated carbocycles. The molecule has 0 atom stereocenters. The highest BCUT2D eigenvalue weighted by molar-refractivity contribution is 9.10. The van der Waals surface area contributed by atoms with Gasteiger partial charge in [-0.05, 0) is 46.6 Å². The predicted octanol–water partition coefficient (Wildman–Crippen LogP) is 2.67. The summed E-state index contributed by atoms with van der Waals surface area (Å²) in [5.74, 6) is -0.727. The predicted molar refractivity (Wildman–Crippen MR) is 78.3 cm³/mol. The molecule has 0 unspecified atom stereocenters. The van der Waals surface area contributed by atoms with Crippen molar-refractivity contribution < 1.29 is 12.8 Å². The number of nitrogens with two attached hydrogens (primary N) is 1. The van der Waals surface area contributed by atoms with E-state index in [9.17, 15) is 12.8 Å². The van der Waals surface area contributed by atoms with Crippen LogP contribution in [0.5, 0.6) is 0 Å². The molecule has 0 spiro atoms. The molecule has 2 rings (SSSR count).